The zero-order chi connectivity index (χ0) is 20.0. The molecule has 3 aliphatic rings. The Morgan fingerprint density at radius 1 is 1.21 bits per heavy atom. The van der Waals surface area contributed by atoms with Crippen LogP contribution in [-0.2, 0) is 20.9 Å². The number of likely N-dealkylation sites (N-methyl/N-ethyl adjacent to an activating group) is 1. The van der Waals surface area contributed by atoms with Crippen LogP contribution in [0.25, 0.3) is 0 Å². The number of methoxy groups -OCH3 is 1. The van der Waals surface area contributed by atoms with E-state index < -0.39 is 0 Å². The van der Waals surface area contributed by atoms with Gasteiger partial charge in [-0.3, -0.25) is 19.4 Å². The molecule has 0 unspecified atom stereocenters. The molecule has 1 aliphatic carbocycles. The molecule has 0 spiro atoms. The predicted octanol–water partition coefficient (Wildman–Crippen LogP) is 1.84. The first-order valence-corrected chi connectivity index (χ1v) is 9.44. The van der Waals surface area contributed by atoms with Crippen LogP contribution in [0.3, 0.4) is 0 Å². The average molecular weight is 377 g/mol. The Morgan fingerprint density at radius 3 is 2.57 bits per heavy atom. The Bertz CT molecular complexity index is 942. The van der Waals surface area contributed by atoms with Crippen LogP contribution >= 0.6 is 0 Å². The van der Waals surface area contributed by atoms with Crippen molar-refractivity contribution in [2.24, 2.45) is 0 Å². The highest BCUT2D eigenvalue weighted by Gasteiger charge is 2.50. The maximum atomic E-state index is 13.1. The molecule has 3 atom stereocenters. The number of Topliss-reactive ketones (excluding diaryl/α,β-unsaturated/α-hetero) is 2. The van der Waals surface area contributed by atoms with Gasteiger partial charge in [0.15, 0.2) is 11.5 Å². The first-order chi connectivity index (χ1) is 13.5. The number of hydrogen-bond acceptors (Lipinski definition) is 6. The number of nitriles is 1. The van der Waals surface area contributed by atoms with Gasteiger partial charge < -0.3 is 4.74 Å². The van der Waals surface area contributed by atoms with Crippen LogP contribution in [0.1, 0.15) is 18.9 Å². The first kappa shape index (κ1) is 18.6. The van der Waals surface area contributed by atoms with Crippen LogP contribution in [0.15, 0.2) is 52.8 Å². The topological polar surface area (TPSA) is 73.6 Å². The standard InChI is InChI=1S/C22H23N3O3/c1-13-20(26)15-9-16-17(10-23)25(11-14-7-5-4-6-8-14)12-18(24(16)2)19(15)21(27)22(13)28-3/h4-8,16-18H,9,11-12H2,1-3H3/t16-,17-,18-/m0/s1. The van der Waals surface area contributed by atoms with Gasteiger partial charge in [0.1, 0.15) is 6.04 Å². The number of piperazine rings is 1. The number of allylic oxidation sites excluding steroid dienone is 2. The summed E-state index contributed by atoms with van der Waals surface area (Å²) in [5.74, 6) is -0.171. The Labute approximate surface area is 164 Å². The average Bonchev–Trinajstić information content (AvgIpc) is 2.69. The smallest absolute Gasteiger partial charge is 0.225 e. The van der Waals surface area contributed by atoms with E-state index in [2.05, 4.69) is 15.9 Å². The summed E-state index contributed by atoms with van der Waals surface area (Å²) >= 11 is 0. The summed E-state index contributed by atoms with van der Waals surface area (Å²) in [6, 6.07) is 11.8. The molecule has 6 heteroatoms. The van der Waals surface area contributed by atoms with Crippen molar-refractivity contribution >= 4 is 11.6 Å². The van der Waals surface area contributed by atoms with E-state index in [0.717, 1.165) is 5.56 Å². The third kappa shape index (κ3) is 2.70. The first-order valence-electron chi connectivity index (χ1n) is 9.44. The number of carbonyl (C=O) groups is 2. The van der Waals surface area contributed by atoms with Crippen LogP contribution in [0.2, 0.25) is 0 Å². The molecule has 2 bridgehead atoms. The second-order valence-corrected chi connectivity index (χ2v) is 7.65. The molecule has 2 heterocycles. The van der Waals surface area contributed by atoms with Crippen molar-refractivity contribution in [3.63, 3.8) is 0 Å². The fourth-order valence-corrected chi connectivity index (χ4v) is 4.75. The molecule has 144 valence electrons. The number of rotatable bonds is 3. The van der Waals surface area contributed by atoms with Crippen LogP contribution in [0.4, 0.5) is 0 Å². The van der Waals surface area contributed by atoms with Gasteiger partial charge in [0.25, 0.3) is 0 Å². The van der Waals surface area contributed by atoms with Crippen LogP contribution in [0.5, 0.6) is 0 Å². The molecule has 28 heavy (non-hydrogen) atoms. The number of ketones is 2. The minimum absolute atomic E-state index is 0.122. The fraction of sp³-hybridized carbons (Fsp3) is 0.409. The maximum Gasteiger partial charge on any atom is 0.225 e. The zero-order valence-electron chi connectivity index (χ0n) is 16.3. The summed E-state index contributed by atoms with van der Waals surface area (Å²) in [4.78, 5) is 30.2. The molecule has 2 aliphatic heterocycles. The Kier molecular flexibility index (Phi) is 4.66. The molecule has 0 saturated carbocycles. The lowest BCUT2D eigenvalue weighted by Gasteiger charge is -2.52. The van der Waals surface area contributed by atoms with Gasteiger partial charge in [-0.15, -0.1) is 0 Å². The number of nitrogens with zero attached hydrogens (tertiary/aromatic N) is 3. The lowest BCUT2D eigenvalue weighted by molar-refractivity contribution is -0.121. The van der Waals surface area contributed by atoms with E-state index in [0.29, 0.717) is 36.2 Å². The third-order valence-electron chi connectivity index (χ3n) is 6.22. The molecule has 6 nitrogen and oxygen atoms in total. The Hall–Kier alpha value is -2.75. The van der Waals surface area contributed by atoms with Gasteiger partial charge >= 0.3 is 0 Å². The molecule has 1 aromatic carbocycles. The van der Waals surface area contributed by atoms with E-state index in [1.807, 2.05) is 37.4 Å². The summed E-state index contributed by atoms with van der Waals surface area (Å²) < 4.78 is 5.26. The highest BCUT2D eigenvalue weighted by atomic mass is 16.5. The van der Waals surface area contributed by atoms with Crippen molar-refractivity contribution in [1.29, 1.82) is 5.26 Å². The molecule has 0 amide bonds. The van der Waals surface area contributed by atoms with Crippen LogP contribution in [-0.4, -0.2) is 60.2 Å². The monoisotopic (exact) mass is 377 g/mol. The normalized spacial score (nSPS) is 28.3. The van der Waals surface area contributed by atoms with Gasteiger partial charge in [0, 0.05) is 35.9 Å². The fourth-order valence-electron chi connectivity index (χ4n) is 4.75. The van der Waals surface area contributed by atoms with Crippen LogP contribution < -0.4 is 0 Å². The molecule has 0 N–H and O–H groups in total. The van der Waals surface area contributed by atoms with Gasteiger partial charge in [-0.25, -0.2) is 0 Å². The van der Waals surface area contributed by atoms with Gasteiger partial charge in [0.2, 0.25) is 5.78 Å². The lowest BCUT2D eigenvalue weighted by atomic mass is 9.75. The van der Waals surface area contributed by atoms with E-state index in [9.17, 15) is 14.9 Å². The number of benzene rings is 1. The molecule has 0 radical (unpaired) electrons. The molecule has 1 fully saturated rings. The van der Waals surface area contributed by atoms with Gasteiger partial charge in [-0.1, -0.05) is 30.3 Å². The summed E-state index contributed by atoms with van der Waals surface area (Å²) in [5, 5.41) is 9.90. The van der Waals surface area contributed by atoms with Gasteiger partial charge in [0.05, 0.1) is 19.2 Å². The lowest BCUT2D eigenvalue weighted by Crippen LogP contribution is -2.65. The second-order valence-electron chi connectivity index (χ2n) is 7.65. The zero-order valence-corrected chi connectivity index (χ0v) is 16.3. The second kappa shape index (κ2) is 7.01. The number of fused-ring (bicyclic) bond motifs is 3. The Morgan fingerprint density at radius 2 is 1.93 bits per heavy atom. The number of hydrogen-bond donors (Lipinski definition) is 0. The van der Waals surface area contributed by atoms with Crippen molar-refractivity contribution in [2.75, 3.05) is 20.7 Å². The van der Waals surface area contributed by atoms with E-state index >= 15 is 0 Å². The van der Waals surface area contributed by atoms with Crippen molar-refractivity contribution < 1.29 is 14.3 Å². The van der Waals surface area contributed by atoms with Crippen molar-refractivity contribution in [1.82, 2.24) is 9.80 Å². The van der Waals surface area contributed by atoms with Gasteiger partial charge in [-0.2, -0.15) is 5.26 Å². The molecule has 1 aromatic rings. The maximum absolute atomic E-state index is 13.1. The largest absolute Gasteiger partial charge is 0.492 e. The molecular weight excluding hydrogens is 354 g/mol. The summed E-state index contributed by atoms with van der Waals surface area (Å²) in [6.45, 7) is 2.80. The summed E-state index contributed by atoms with van der Waals surface area (Å²) in [7, 11) is 3.37. The van der Waals surface area contributed by atoms with Crippen molar-refractivity contribution in [3.05, 3.63) is 58.4 Å². The summed E-state index contributed by atoms with van der Waals surface area (Å²) in [6.07, 6.45) is 0.407. The van der Waals surface area contributed by atoms with Gasteiger partial charge in [-0.05, 0) is 26.0 Å². The molecule has 0 aromatic heterocycles. The number of carbonyl (C=O) groups excluding carboxylic acids is 2. The van der Waals surface area contributed by atoms with E-state index in [4.69, 9.17) is 4.74 Å². The minimum atomic E-state index is -0.341. The summed E-state index contributed by atoms with van der Waals surface area (Å²) in [5.41, 5.74) is 2.60. The van der Waals surface area contributed by atoms with Crippen LogP contribution in [0, 0.1) is 11.3 Å². The molecular formula is C22H23N3O3. The SMILES string of the molecule is COC1=C(C)C(=O)C2=C(C1=O)[C@@H]1CN(Cc3ccccc3)[C@@H](C#N)[C@H](C2)N1C. The third-order valence-corrected chi connectivity index (χ3v) is 6.22. The van der Waals surface area contributed by atoms with E-state index in [-0.39, 0.29) is 35.5 Å². The predicted molar refractivity (Wildman–Crippen MR) is 103 cm³/mol. The van der Waals surface area contributed by atoms with E-state index in [1.165, 1.54) is 7.11 Å². The number of ether oxygens (including phenoxy) is 1. The molecule has 4 rings (SSSR count). The Balaban J connectivity index is 1.73. The quantitative estimate of drug-likeness (QED) is 0.749. The highest BCUT2D eigenvalue weighted by molar-refractivity contribution is 6.25. The van der Waals surface area contributed by atoms with E-state index in [1.54, 1.807) is 6.92 Å². The van der Waals surface area contributed by atoms with Crippen molar-refractivity contribution in [2.45, 2.75) is 38.0 Å². The van der Waals surface area contributed by atoms with Crippen molar-refractivity contribution in [3.8, 4) is 6.07 Å². The highest BCUT2D eigenvalue weighted by Crippen LogP contribution is 2.40. The minimum Gasteiger partial charge on any atom is -0.492 e. The molecule has 1 saturated heterocycles.